The minimum Gasteiger partial charge on any atom is -0.369 e. The Kier molecular flexibility index (Phi) is 5.26. The van der Waals surface area contributed by atoms with Gasteiger partial charge in [-0.1, -0.05) is 6.92 Å². The van der Waals surface area contributed by atoms with Gasteiger partial charge in [-0.2, -0.15) is 11.8 Å². The molecule has 0 aliphatic carbocycles. The molecule has 0 radical (unpaired) electrons. The molecule has 0 saturated carbocycles. The lowest BCUT2D eigenvalue weighted by atomic mass is 10.3. The van der Waals surface area contributed by atoms with Crippen LogP contribution in [0.4, 0.5) is 5.82 Å². The Hall–Kier alpha value is -0.330. The molecule has 0 spiro atoms. The lowest BCUT2D eigenvalue weighted by Crippen LogP contribution is -2.19. The van der Waals surface area contributed by atoms with Crippen molar-refractivity contribution >= 4 is 33.5 Å². The molecule has 0 amide bonds. The maximum Gasteiger partial charge on any atom is 0.160 e. The van der Waals surface area contributed by atoms with Gasteiger partial charge in [0.2, 0.25) is 0 Å². The van der Waals surface area contributed by atoms with Crippen molar-refractivity contribution in [2.45, 2.75) is 26.4 Å². The summed E-state index contributed by atoms with van der Waals surface area (Å²) in [6, 6.07) is 0. The van der Waals surface area contributed by atoms with E-state index in [1.807, 2.05) is 11.8 Å². The average molecular weight is 332 g/mol. The third-order valence-electron chi connectivity index (χ3n) is 2.72. The minimum atomic E-state index is 0.0274. The highest BCUT2D eigenvalue weighted by Crippen LogP contribution is 2.29. The van der Waals surface area contributed by atoms with E-state index in [4.69, 9.17) is 4.74 Å². The lowest BCUT2D eigenvalue weighted by Gasteiger charge is -2.22. The lowest BCUT2D eigenvalue weighted by molar-refractivity contribution is 0.0693. The number of aromatic nitrogens is 2. The number of hydrogen-bond donors (Lipinski definition) is 1. The van der Waals surface area contributed by atoms with Crippen molar-refractivity contribution in [3.8, 4) is 0 Å². The van der Waals surface area contributed by atoms with Crippen LogP contribution in [0.25, 0.3) is 0 Å². The Morgan fingerprint density at radius 2 is 2.28 bits per heavy atom. The predicted molar refractivity (Wildman–Crippen MR) is 79.3 cm³/mol. The second-order valence-corrected chi connectivity index (χ2v) is 5.95. The summed E-state index contributed by atoms with van der Waals surface area (Å²) < 4.78 is 6.72. The van der Waals surface area contributed by atoms with E-state index in [0.29, 0.717) is 0 Å². The van der Waals surface area contributed by atoms with Gasteiger partial charge in [0.05, 0.1) is 16.8 Å². The van der Waals surface area contributed by atoms with E-state index in [2.05, 4.69) is 45.1 Å². The van der Waals surface area contributed by atoms with Crippen molar-refractivity contribution in [1.82, 2.24) is 9.97 Å². The molecule has 1 saturated heterocycles. The molecule has 4 nitrogen and oxygen atoms in total. The third-order valence-corrected chi connectivity index (χ3v) is 4.55. The number of nitrogens with zero attached hydrogens (tertiary/aromatic N) is 2. The molecule has 0 aromatic carbocycles. The molecule has 1 aromatic heterocycles. The summed E-state index contributed by atoms with van der Waals surface area (Å²) >= 11 is 5.46. The summed E-state index contributed by atoms with van der Waals surface area (Å²) in [6.45, 7) is 5.79. The van der Waals surface area contributed by atoms with E-state index in [9.17, 15) is 0 Å². The standard InChI is InChI=1S/C12H18BrN3OS/c1-3-8-10(13)12(14-4-2)16-11(15-8)9-7-18-6-5-17-9/h9H,3-7H2,1-2H3,(H,14,15,16). The van der Waals surface area contributed by atoms with Crippen LogP contribution in [0.15, 0.2) is 4.47 Å². The molecule has 0 bridgehead atoms. The van der Waals surface area contributed by atoms with E-state index < -0.39 is 0 Å². The molecule has 18 heavy (non-hydrogen) atoms. The van der Waals surface area contributed by atoms with Crippen LogP contribution in [-0.2, 0) is 11.2 Å². The summed E-state index contributed by atoms with van der Waals surface area (Å²) in [5, 5.41) is 3.27. The van der Waals surface area contributed by atoms with Crippen LogP contribution in [0.1, 0.15) is 31.5 Å². The van der Waals surface area contributed by atoms with Gasteiger partial charge in [-0.25, -0.2) is 9.97 Å². The van der Waals surface area contributed by atoms with Crippen molar-refractivity contribution in [3.05, 3.63) is 16.0 Å². The van der Waals surface area contributed by atoms with Crippen LogP contribution in [-0.4, -0.2) is 34.6 Å². The Balaban J connectivity index is 2.31. The summed E-state index contributed by atoms with van der Waals surface area (Å²) in [4.78, 5) is 9.21. The third kappa shape index (κ3) is 3.16. The van der Waals surface area contributed by atoms with Gasteiger partial charge in [0.25, 0.3) is 0 Å². The Morgan fingerprint density at radius 3 is 2.89 bits per heavy atom. The number of nitrogens with one attached hydrogen (secondary N) is 1. The van der Waals surface area contributed by atoms with Crippen LogP contribution in [0.3, 0.4) is 0 Å². The largest absolute Gasteiger partial charge is 0.369 e. The van der Waals surface area contributed by atoms with Crippen molar-refractivity contribution < 1.29 is 4.74 Å². The normalized spacial score (nSPS) is 19.8. The van der Waals surface area contributed by atoms with Gasteiger partial charge >= 0.3 is 0 Å². The van der Waals surface area contributed by atoms with Crippen LogP contribution in [0, 0.1) is 0 Å². The van der Waals surface area contributed by atoms with Gasteiger partial charge in [-0.15, -0.1) is 0 Å². The Morgan fingerprint density at radius 1 is 1.44 bits per heavy atom. The number of ether oxygens (including phenoxy) is 1. The number of rotatable bonds is 4. The fraction of sp³-hybridized carbons (Fsp3) is 0.667. The fourth-order valence-electron chi connectivity index (χ4n) is 1.81. The molecule has 100 valence electrons. The molecular weight excluding hydrogens is 314 g/mol. The number of halogens is 1. The molecule has 2 heterocycles. The van der Waals surface area contributed by atoms with Crippen molar-refractivity contribution in [3.63, 3.8) is 0 Å². The smallest absolute Gasteiger partial charge is 0.160 e. The zero-order chi connectivity index (χ0) is 13.0. The molecule has 1 N–H and O–H groups in total. The molecule has 1 fully saturated rings. The number of hydrogen-bond acceptors (Lipinski definition) is 5. The molecule has 1 atom stereocenters. The average Bonchev–Trinajstić information content (AvgIpc) is 2.42. The van der Waals surface area contributed by atoms with Crippen molar-refractivity contribution in [2.75, 3.05) is 30.0 Å². The topological polar surface area (TPSA) is 47.0 Å². The van der Waals surface area contributed by atoms with Gasteiger partial charge in [0.15, 0.2) is 5.82 Å². The maximum absolute atomic E-state index is 5.75. The second-order valence-electron chi connectivity index (χ2n) is 4.01. The van der Waals surface area contributed by atoms with Crippen LogP contribution in [0.5, 0.6) is 0 Å². The van der Waals surface area contributed by atoms with E-state index in [0.717, 1.165) is 52.9 Å². The van der Waals surface area contributed by atoms with Crippen molar-refractivity contribution in [2.24, 2.45) is 0 Å². The van der Waals surface area contributed by atoms with Crippen LogP contribution in [0.2, 0.25) is 0 Å². The first kappa shape index (κ1) is 14.1. The molecule has 1 aliphatic rings. The van der Waals surface area contributed by atoms with E-state index in [1.54, 1.807) is 0 Å². The van der Waals surface area contributed by atoms with Gasteiger partial charge in [0.1, 0.15) is 11.9 Å². The van der Waals surface area contributed by atoms with E-state index in [-0.39, 0.29) is 6.10 Å². The molecule has 1 aromatic rings. The first-order valence-corrected chi connectivity index (χ1v) is 8.20. The summed E-state index contributed by atoms with van der Waals surface area (Å²) in [5.41, 5.74) is 1.04. The summed E-state index contributed by atoms with van der Waals surface area (Å²) in [6.07, 6.45) is 0.911. The van der Waals surface area contributed by atoms with Gasteiger partial charge < -0.3 is 10.1 Å². The van der Waals surface area contributed by atoms with E-state index >= 15 is 0 Å². The Bertz CT molecular complexity index is 411. The molecule has 1 aliphatic heterocycles. The second kappa shape index (κ2) is 6.73. The minimum absolute atomic E-state index is 0.0274. The quantitative estimate of drug-likeness (QED) is 0.918. The molecule has 1 unspecified atom stereocenters. The van der Waals surface area contributed by atoms with Gasteiger partial charge in [0, 0.05) is 18.1 Å². The van der Waals surface area contributed by atoms with Crippen LogP contribution >= 0.6 is 27.7 Å². The molecule has 6 heteroatoms. The number of thioether (sulfide) groups is 1. The number of anilines is 1. The van der Waals surface area contributed by atoms with Crippen molar-refractivity contribution in [1.29, 1.82) is 0 Å². The zero-order valence-electron chi connectivity index (χ0n) is 10.7. The van der Waals surface area contributed by atoms with Crippen LogP contribution < -0.4 is 5.32 Å². The maximum atomic E-state index is 5.75. The fourth-order valence-corrected chi connectivity index (χ4v) is 3.25. The Labute approximate surface area is 120 Å². The van der Waals surface area contributed by atoms with Gasteiger partial charge in [-0.05, 0) is 29.3 Å². The monoisotopic (exact) mass is 331 g/mol. The summed E-state index contributed by atoms with van der Waals surface area (Å²) in [5.74, 6) is 3.68. The van der Waals surface area contributed by atoms with Gasteiger partial charge in [-0.3, -0.25) is 0 Å². The highest BCUT2D eigenvalue weighted by atomic mass is 79.9. The first-order valence-electron chi connectivity index (χ1n) is 6.25. The SMILES string of the molecule is CCNc1nc(C2CSCCO2)nc(CC)c1Br. The highest BCUT2D eigenvalue weighted by molar-refractivity contribution is 9.10. The number of aryl methyl sites for hydroxylation is 1. The molecule has 2 rings (SSSR count). The molecular formula is C12H18BrN3OS. The van der Waals surface area contributed by atoms with E-state index in [1.165, 1.54) is 0 Å². The first-order chi connectivity index (χ1) is 8.76. The highest BCUT2D eigenvalue weighted by Gasteiger charge is 2.21. The predicted octanol–water partition coefficient (Wildman–Crippen LogP) is 3.04. The zero-order valence-corrected chi connectivity index (χ0v) is 13.1. The summed E-state index contributed by atoms with van der Waals surface area (Å²) in [7, 11) is 0.